The third-order valence-electron chi connectivity index (χ3n) is 4.34. The molecule has 1 N–H and O–H groups in total. The molecule has 2 nitrogen and oxygen atoms in total. The molecule has 2 aliphatic rings. The highest BCUT2D eigenvalue weighted by atomic mass is 15.2. The van der Waals surface area contributed by atoms with Crippen molar-refractivity contribution < 1.29 is 0 Å². The van der Waals surface area contributed by atoms with E-state index in [-0.39, 0.29) is 0 Å². The van der Waals surface area contributed by atoms with E-state index in [1.807, 2.05) is 0 Å². The third kappa shape index (κ3) is 2.94. The van der Waals surface area contributed by atoms with Crippen LogP contribution in [0.15, 0.2) is 0 Å². The Morgan fingerprint density at radius 1 is 1.20 bits per heavy atom. The molecule has 2 unspecified atom stereocenters. The van der Waals surface area contributed by atoms with E-state index >= 15 is 0 Å². The maximum Gasteiger partial charge on any atom is 0.0122 e. The van der Waals surface area contributed by atoms with Crippen LogP contribution in [-0.4, -0.2) is 36.6 Å². The van der Waals surface area contributed by atoms with Crippen molar-refractivity contribution in [3.05, 3.63) is 0 Å². The minimum atomic E-state index is 0.729. The predicted octanol–water partition coefficient (Wildman–Crippen LogP) is 2.25. The van der Waals surface area contributed by atoms with Gasteiger partial charge in [-0.15, -0.1) is 0 Å². The molecule has 2 heteroatoms. The lowest BCUT2D eigenvalue weighted by atomic mass is 9.91. The molecule has 2 rings (SSSR count). The van der Waals surface area contributed by atoms with E-state index in [9.17, 15) is 0 Å². The molecule has 2 atom stereocenters. The molecule has 0 amide bonds. The molecular weight excluding hydrogens is 184 g/mol. The predicted molar refractivity (Wildman–Crippen MR) is 65.1 cm³/mol. The molecule has 15 heavy (non-hydrogen) atoms. The summed E-state index contributed by atoms with van der Waals surface area (Å²) in [4.78, 5) is 2.75. The largest absolute Gasteiger partial charge is 0.314 e. The van der Waals surface area contributed by atoms with Crippen LogP contribution in [0.5, 0.6) is 0 Å². The standard InChI is InChI=1S/C13H26N2/c1-3-12-5-8-15(9-6-12)13-4-7-14-11(2)10-13/h11-14H,3-10H2,1-2H3. The third-order valence-corrected chi connectivity index (χ3v) is 4.34. The highest BCUT2D eigenvalue weighted by molar-refractivity contribution is 4.84. The first-order valence-corrected chi connectivity index (χ1v) is 6.77. The number of likely N-dealkylation sites (tertiary alicyclic amines) is 1. The normalized spacial score (nSPS) is 35.6. The van der Waals surface area contributed by atoms with Crippen molar-refractivity contribution in [2.75, 3.05) is 19.6 Å². The lowest BCUT2D eigenvalue weighted by Gasteiger charge is -2.41. The van der Waals surface area contributed by atoms with E-state index in [1.165, 1.54) is 51.7 Å². The van der Waals surface area contributed by atoms with Gasteiger partial charge in [-0.3, -0.25) is 0 Å². The maximum absolute atomic E-state index is 3.54. The first-order chi connectivity index (χ1) is 7.29. The second kappa shape index (κ2) is 5.31. The minimum Gasteiger partial charge on any atom is -0.314 e. The van der Waals surface area contributed by atoms with Crippen LogP contribution in [0.3, 0.4) is 0 Å². The molecule has 2 fully saturated rings. The Bertz CT molecular complexity index is 185. The summed E-state index contributed by atoms with van der Waals surface area (Å²) in [6.07, 6.45) is 6.98. The zero-order valence-corrected chi connectivity index (χ0v) is 10.3. The van der Waals surface area contributed by atoms with E-state index < -0.39 is 0 Å². The van der Waals surface area contributed by atoms with Gasteiger partial charge >= 0.3 is 0 Å². The number of hydrogen-bond donors (Lipinski definition) is 1. The Morgan fingerprint density at radius 2 is 1.93 bits per heavy atom. The van der Waals surface area contributed by atoms with E-state index in [0.29, 0.717) is 0 Å². The van der Waals surface area contributed by atoms with Crippen molar-refractivity contribution in [2.24, 2.45) is 5.92 Å². The molecule has 0 aliphatic carbocycles. The van der Waals surface area contributed by atoms with Gasteiger partial charge in [-0.05, 0) is 58.2 Å². The number of rotatable bonds is 2. The molecule has 0 aromatic rings. The maximum atomic E-state index is 3.54. The molecule has 0 spiro atoms. The van der Waals surface area contributed by atoms with Crippen LogP contribution < -0.4 is 5.32 Å². The molecule has 2 aliphatic heterocycles. The Morgan fingerprint density at radius 3 is 2.53 bits per heavy atom. The highest BCUT2D eigenvalue weighted by Gasteiger charge is 2.27. The highest BCUT2D eigenvalue weighted by Crippen LogP contribution is 2.24. The van der Waals surface area contributed by atoms with Crippen molar-refractivity contribution in [1.82, 2.24) is 10.2 Å². The first-order valence-electron chi connectivity index (χ1n) is 6.77. The zero-order valence-electron chi connectivity index (χ0n) is 10.3. The van der Waals surface area contributed by atoms with Crippen LogP contribution in [-0.2, 0) is 0 Å². The Kier molecular flexibility index (Phi) is 4.04. The molecular formula is C13H26N2. The summed E-state index contributed by atoms with van der Waals surface area (Å²) in [6, 6.07) is 1.60. The molecule has 0 bridgehead atoms. The SMILES string of the molecule is CCC1CCN(C2CCNC(C)C2)CC1. The number of nitrogens with zero attached hydrogens (tertiary/aromatic N) is 1. The first kappa shape index (κ1) is 11.4. The number of nitrogens with one attached hydrogen (secondary N) is 1. The van der Waals surface area contributed by atoms with E-state index in [1.54, 1.807) is 0 Å². The van der Waals surface area contributed by atoms with Gasteiger partial charge in [-0.1, -0.05) is 13.3 Å². The van der Waals surface area contributed by atoms with E-state index in [4.69, 9.17) is 0 Å². The smallest absolute Gasteiger partial charge is 0.0122 e. The topological polar surface area (TPSA) is 15.3 Å². The Balaban J connectivity index is 1.79. The number of piperidine rings is 2. The fourth-order valence-corrected chi connectivity index (χ4v) is 3.16. The Labute approximate surface area is 94.4 Å². The van der Waals surface area contributed by atoms with Gasteiger partial charge in [0.1, 0.15) is 0 Å². The van der Waals surface area contributed by atoms with Crippen molar-refractivity contribution in [1.29, 1.82) is 0 Å². The van der Waals surface area contributed by atoms with Gasteiger partial charge < -0.3 is 10.2 Å². The summed E-state index contributed by atoms with van der Waals surface area (Å²) in [6.45, 7) is 8.60. The molecule has 0 aromatic heterocycles. The van der Waals surface area contributed by atoms with Crippen LogP contribution in [0.4, 0.5) is 0 Å². The van der Waals surface area contributed by atoms with E-state index in [2.05, 4.69) is 24.1 Å². The second-order valence-electron chi connectivity index (χ2n) is 5.42. The van der Waals surface area contributed by atoms with Gasteiger partial charge in [0, 0.05) is 12.1 Å². The lowest BCUT2D eigenvalue weighted by Crippen LogP contribution is -2.49. The second-order valence-corrected chi connectivity index (χ2v) is 5.42. The minimum absolute atomic E-state index is 0.729. The molecule has 88 valence electrons. The van der Waals surface area contributed by atoms with Gasteiger partial charge in [0.05, 0.1) is 0 Å². The molecule has 0 aromatic carbocycles. The summed E-state index contributed by atoms with van der Waals surface area (Å²) >= 11 is 0. The Hall–Kier alpha value is -0.0800. The summed E-state index contributed by atoms with van der Waals surface area (Å²) < 4.78 is 0. The fraction of sp³-hybridized carbons (Fsp3) is 1.00. The van der Waals surface area contributed by atoms with Crippen LogP contribution >= 0.6 is 0 Å². The van der Waals surface area contributed by atoms with Gasteiger partial charge in [0.25, 0.3) is 0 Å². The zero-order chi connectivity index (χ0) is 10.7. The monoisotopic (exact) mass is 210 g/mol. The van der Waals surface area contributed by atoms with Crippen molar-refractivity contribution in [2.45, 2.75) is 58.0 Å². The van der Waals surface area contributed by atoms with Crippen molar-refractivity contribution in [3.63, 3.8) is 0 Å². The average molecular weight is 210 g/mol. The average Bonchev–Trinajstić information content (AvgIpc) is 2.29. The van der Waals surface area contributed by atoms with Crippen LogP contribution in [0, 0.1) is 5.92 Å². The summed E-state index contributed by atoms with van der Waals surface area (Å²) in [5.41, 5.74) is 0. The molecule has 0 radical (unpaired) electrons. The lowest BCUT2D eigenvalue weighted by molar-refractivity contribution is 0.100. The fourth-order valence-electron chi connectivity index (χ4n) is 3.16. The van der Waals surface area contributed by atoms with Crippen molar-refractivity contribution >= 4 is 0 Å². The number of hydrogen-bond acceptors (Lipinski definition) is 2. The van der Waals surface area contributed by atoms with Gasteiger partial charge in [-0.2, -0.15) is 0 Å². The van der Waals surface area contributed by atoms with E-state index in [0.717, 1.165) is 18.0 Å². The van der Waals surface area contributed by atoms with Crippen molar-refractivity contribution in [3.8, 4) is 0 Å². The van der Waals surface area contributed by atoms with Crippen LogP contribution in [0.25, 0.3) is 0 Å². The molecule has 2 heterocycles. The van der Waals surface area contributed by atoms with Gasteiger partial charge in [0.15, 0.2) is 0 Å². The van der Waals surface area contributed by atoms with Gasteiger partial charge in [0.2, 0.25) is 0 Å². The summed E-state index contributed by atoms with van der Waals surface area (Å²) in [5, 5.41) is 3.54. The summed E-state index contributed by atoms with van der Waals surface area (Å²) in [5.74, 6) is 1.01. The van der Waals surface area contributed by atoms with Crippen LogP contribution in [0.2, 0.25) is 0 Å². The quantitative estimate of drug-likeness (QED) is 0.752. The van der Waals surface area contributed by atoms with Crippen LogP contribution in [0.1, 0.15) is 46.0 Å². The summed E-state index contributed by atoms with van der Waals surface area (Å²) in [7, 11) is 0. The van der Waals surface area contributed by atoms with Gasteiger partial charge in [-0.25, -0.2) is 0 Å². The molecule has 2 saturated heterocycles. The molecule has 0 saturated carbocycles.